The number of aromatic nitrogens is 1. The predicted molar refractivity (Wildman–Crippen MR) is 83.0 cm³/mol. The highest BCUT2D eigenvalue weighted by atomic mass is 35.5. The first-order chi connectivity index (χ1) is 10.2. The molecule has 0 saturated heterocycles. The lowest BCUT2D eigenvalue weighted by molar-refractivity contribution is 0.265. The van der Waals surface area contributed by atoms with E-state index in [9.17, 15) is 0 Å². The van der Waals surface area contributed by atoms with Crippen molar-refractivity contribution in [3.63, 3.8) is 0 Å². The van der Waals surface area contributed by atoms with Crippen LogP contribution in [0.3, 0.4) is 0 Å². The van der Waals surface area contributed by atoms with Gasteiger partial charge in [0.2, 0.25) is 0 Å². The molecule has 0 spiro atoms. The van der Waals surface area contributed by atoms with Gasteiger partial charge in [0.05, 0.1) is 12.2 Å². The average Bonchev–Trinajstić information content (AvgIpc) is 3.19. The van der Waals surface area contributed by atoms with Gasteiger partial charge in [-0.2, -0.15) is 0 Å². The van der Waals surface area contributed by atoms with Crippen molar-refractivity contribution < 1.29 is 4.52 Å². The molecule has 21 heavy (non-hydrogen) atoms. The first-order valence-electron chi connectivity index (χ1n) is 7.30. The van der Waals surface area contributed by atoms with Crippen molar-refractivity contribution in [1.29, 1.82) is 0 Å². The van der Waals surface area contributed by atoms with E-state index in [4.69, 9.17) is 16.1 Å². The summed E-state index contributed by atoms with van der Waals surface area (Å²) in [5.41, 5.74) is 2.10. The highest BCUT2D eigenvalue weighted by molar-refractivity contribution is 6.31. The van der Waals surface area contributed by atoms with Crippen LogP contribution in [0.15, 0.2) is 34.9 Å². The Hall–Kier alpha value is -1.36. The second-order valence-corrected chi connectivity index (χ2v) is 6.11. The summed E-state index contributed by atoms with van der Waals surface area (Å²) in [6, 6.07) is 10.6. The van der Waals surface area contributed by atoms with Crippen molar-refractivity contribution in [2.45, 2.75) is 38.5 Å². The zero-order chi connectivity index (χ0) is 14.7. The fraction of sp³-hybridized carbons (Fsp3) is 0.438. The average molecular weight is 306 g/mol. The largest absolute Gasteiger partial charge is 0.360 e. The monoisotopic (exact) mass is 305 g/mol. The second kappa shape index (κ2) is 6.60. The summed E-state index contributed by atoms with van der Waals surface area (Å²) in [6.07, 6.45) is 2.57. The van der Waals surface area contributed by atoms with Gasteiger partial charge in [0.25, 0.3) is 0 Å². The quantitative estimate of drug-likeness (QED) is 0.853. The molecule has 0 aliphatic heterocycles. The molecular formula is C16H20ClN3O. The molecule has 1 saturated carbocycles. The van der Waals surface area contributed by atoms with Gasteiger partial charge in [-0.1, -0.05) is 35.0 Å². The van der Waals surface area contributed by atoms with Crippen LogP contribution in [0.4, 0.5) is 0 Å². The van der Waals surface area contributed by atoms with Gasteiger partial charge in [0, 0.05) is 30.2 Å². The summed E-state index contributed by atoms with van der Waals surface area (Å²) in [5.74, 6) is 0.886. The van der Waals surface area contributed by atoms with E-state index in [0.717, 1.165) is 41.7 Å². The van der Waals surface area contributed by atoms with Crippen LogP contribution in [0.2, 0.25) is 5.02 Å². The molecule has 1 aliphatic rings. The highest BCUT2D eigenvalue weighted by Gasteiger charge is 2.20. The Morgan fingerprint density at radius 1 is 1.33 bits per heavy atom. The van der Waals surface area contributed by atoms with Crippen LogP contribution in [0.25, 0.3) is 0 Å². The molecule has 112 valence electrons. The van der Waals surface area contributed by atoms with Crippen molar-refractivity contribution in [1.82, 2.24) is 15.4 Å². The molecule has 1 fully saturated rings. The lowest BCUT2D eigenvalue weighted by atomic mass is 10.2. The molecule has 2 aromatic rings. The predicted octanol–water partition coefficient (Wildman–Crippen LogP) is 3.21. The van der Waals surface area contributed by atoms with Gasteiger partial charge < -0.3 is 9.84 Å². The molecular weight excluding hydrogens is 286 g/mol. The Bertz CT molecular complexity index is 595. The molecule has 1 aliphatic carbocycles. The summed E-state index contributed by atoms with van der Waals surface area (Å²) in [7, 11) is 2.05. The van der Waals surface area contributed by atoms with Gasteiger partial charge >= 0.3 is 0 Å². The van der Waals surface area contributed by atoms with Crippen molar-refractivity contribution >= 4 is 11.6 Å². The number of nitrogens with one attached hydrogen (secondary N) is 1. The zero-order valence-corrected chi connectivity index (χ0v) is 12.9. The van der Waals surface area contributed by atoms with Gasteiger partial charge in [-0.05, 0) is 31.5 Å². The van der Waals surface area contributed by atoms with Crippen molar-refractivity contribution in [3.8, 4) is 0 Å². The van der Waals surface area contributed by atoms with E-state index in [0.29, 0.717) is 6.04 Å². The first kappa shape index (κ1) is 14.6. The maximum absolute atomic E-state index is 6.18. The number of rotatable bonds is 7. The number of hydrogen-bond donors (Lipinski definition) is 1. The van der Waals surface area contributed by atoms with E-state index in [1.807, 2.05) is 37.4 Å². The van der Waals surface area contributed by atoms with E-state index in [-0.39, 0.29) is 0 Å². The standard InChI is InChI=1S/C16H20ClN3O/c1-20(10-12-4-2-3-5-16(12)17)11-15-8-14(19-21-15)9-18-13-6-7-13/h2-5,8,13,18H,6-7,9-11H2,1H3. The van der Waals surface area contributed by atoms with E-state index in [1.54, 1.807) is 0 Å². The molecule has 1 heterocycles. The minimum absolute atomic E-state index is 0.688. The van der Waals surface area contributed by atoms with E-state index < -0.39 is 0 Å². The van der Waals surface area contributed by atoms with Gasteiger partial charge in [-0.25, -0.2) is 0 Å². The topological polar surface area (TPSA) is 41.3 Å². The molecule has 4 nitrogen and oxygen atoms in total. The molecule has 1 aromatic heterocycles. The number of hydrogen-bond acceptors (Lipinski definition) is 4. The minimum Gasteiger partial charge on any atom is -0.360 e. The fourth-order valence-corrected chi connectivity index (χ4v) is 2.48. The number of halogens is 1. The molecule has 1 N–H and O–H groups in total. The third-order valence-corrected chi connectivity index (χ3v) is 3.95. The van der Waals surface area contributed by atoms with Gasteiger partial charge in [-0.15, -0.1) is 0 Å². The molecule has 3 rings (SSSR count). The third-order valence-electron chi connectivity index (χ3n) is 3.58. The van der Waals surface area contributed by atoms with Gasteiger partial charge in [0.1, 0.15) is 0 Å². The van der Waals surface area contributed by atoms with Crippen LogP contribution in [0.1, 0.15) is 29.9 Å². The second-order valence-electron chi connectivity index (χ2n) is 5.70. The zero-order valence-electron chi connectivity index (χ0n) is 12.2. The molecule has 0 radical (unpaired) electrons. The van der Waals surface area contributed by atoms with Crippen molar-refractivity contribution in [2.75, 3.05) is 7.05 Å². The smallest absolute Gasteiger partial charge is 0.151 e. The normalized spacial score (nSPS) is 14.8. The van der Waals surface area contributed by atoms with Crippen LogP contribution in [-0.4, -0.2) is 23.1 Å². The van der Waals surface area contributed by atoms with Crippen LogP contribution < -0.4 is 5.32 Å². The lowest BCUT2D eigenvalue weighted by Gasteiger charge is -2.15. The summed E-state index contributed by atoms with van der Waals surface area (Å²) < 4.78 is 5.39. The summed E-state index contributed by atoms with van der Waals surface area (Å²) in [5, 5.41) is 8.34. The Morgan fingerprint density at radius 2 is 2.14 bits per heavy atom. The maximum Gasteiger partial charge on any atom is 0.151 e. The molecule has 0 atom stereocenters. The van der Waals surface area contributed by atoms with Crippen LogP contribution in [-0.2, 0) is 19.6 Å². The van der Waals surface area contributed by atoms with Crippen LogP contribution >= 0.6 is 11.6 Å². The van der Waals surface area contributed by atoms with E-state index in [1.165, 1.54) is 12.8 Å². The molecule has 5 heteroatoms. The number of nitrogens with zero attached hydrogens (tertiary/aromatic N) is 2. The SMILES string of the molecule is CN(Cc1cc(CNC2CC2)no1)Cc1ccccc1Cl. The Morgan fingerprint density at radius 3 is 2.90 bits per heavy atom. The third kappa shape index (κ3) is 4.30. The summed E-state index contributed by atoms with van der Waals surface area (Å²) in [4.78, 5) is 2.17. The maximum atomic E-state index is 6.18. The molecule has 0 bridgehead atoms. The van der Waals surface area contributed by atoms with Crippen molar-refractivity contribution in [2.24, 2.45) is 0 Å². The minimum atomic E-state index is 0.688. The Kier molecular flexibility index (Phi) is 4.58. The number of benzene rings is 1. The van der Waals surface area contributed by atoms with E-state index >= 15 is 0 Å². The molecule has 0 unspecified atom stereocenters. The fourth-order valence-electron chi connectivity index (χ4n) is 2.29. The highest BCUT2D eigenvalue weighted by Crippen LogP contribution is 2.20. The molecule has 1 aromatic carbocycles. The van der Waals surface area contributed by atoms with Gasteiger partial charge in [0.15, 0.2) is 5.76 Å². The Balaban J connectivity index is 1.52. The summed E-state index contributed by atoms with van der Waals surface area (Å²) >= 11 is 6.18. The lowest BCUT2D eigenvalue weighted by Crippen LogP contribution is -2.17. The molecule has 0 amide bonds. The van der Waals surface area contributed by atoms with Crippen LogP contribution in [0, 0.1) is 0 Å². The van der Waals surface area contributed by atoms with E-state index in [2.05, 4.69) is 15.4 Å². The first-order valence-corrected chi connectivity index (χ1v) is 7.68. The summed E-state index contributed by atoms with van der Waals surface area (Å²) in [6.45, 7) is 2.31. The van der Waals surface area contributed by atoms with Crippen LogP contribution in [0.5, 0.6) is 0 Å². The van der Waals surface area contributed by atoms with Gasteiger partial charge in [-0.3, -0.25) is 4.90 Å². The van der Waals surface area contributed by atoms with Crippen molar-refractivity contribution in [3.05, 3.63) is 52.4 Å². The Labute approximate surface area is 130 Å².